The Morgan fingerprint density at radius 3 is 2.71 bits per heavy atom. The van der Waals surface area contributed by atoms with Crippen LogP contribution in [-0.2, 0) is 4.74 Å². The minimum atomic E-state index is 0.217. The maximum Gasteiger partial charge on any atom is 0.0700 e. The van der Waals surface area contributed by atoms with Crippen molar-refractivity contribution in [1.82, 2.24) is 5.32 Å². The summed E-state index contributed by atoms with van der Waals surface area (Å²) in [6, 6.07) is 0.635. The molecule has 3 nitrogen and oxygen atoms in total. The zero-order valence-corrected chi connectivity index (χ0v) is 9.49. The second-order valence-electron chi connectivity index (χ2n) is 4.31. The molecule has 1 heterocycles. The van der Waals surface area contributed by atoms with E-state index in [4.69, 9.17) is 4.74 Å². The van der Waals surface area contributed by atoms with E-state index < -0.39 is 0 Å². The first kappa shape index (κ1) is 12.0. The van der Waals surface area contributed by atoms with E-state index in [1.54, 1.807) is 0 Å². The number of ether oxygens (including phenoxy) is 1. The summed E-state index contributed by atoms with van der Waals surface area (Å²) >= 11 is 0. The standard InChI is InChI=1S/C11H23NO2/c1-4-8(2)11(7-13)12-10-5-6-14-9(10)3/h8-13H,4-7H2,1-3H3. The first-order chi connectivity index (χ1) is 6.69. The molecule has 0 aliphatic carbocycles. The predicted molar refractivity (Wildman–Crippen MR) is 57.3 cm³/mol. The van der Waals surface area contributed by atoms with Crippen LogP contribution in [-0.4, -0.2) is 36.5 Å². The fourth-order valence-corrected chi connectivity index (χ4v) is 1.91. The SMILES string of the molecule is CCC(C)C(CO)NC1CCOC1C. The van der Waals surface area contributed by atoms with E-state index >= 15 is 0 Å². The topological polar surface area (TPSA) is 41.5 Å². The van der Waals surface area contributed by atoms with Gasteiger partial charge < -0.3 is 15.2 Å². The van der Waals surface area contributed by atoms with Crippen molar-refractivity contribution in [3.05, 3.63) is 0 Å². The Morgan fingerprint density at radius 1 is 1.57 bits per heavy atom. The van der Waals surface area contributed by atoms with E-state index in [-0.39, 0.29) is 18.8 Å². The minimum Gasteiger partial charge on any atom is -0.395 e. The van der Waals surface area contributed by atoms with E-state index in [0.29, 0.717) is 12.0 Å². The lowest BCUT2D eigenvalue weighted by Crippen LogP contribution is -2.46. The van der Waals surface area contributed by atoms with E-state index in [1.807, 2.05) is 0 Å². The lowest BCUT2D eigenvalue weighted by Gasteiger charge is -2.27. The number of hydrogen-bond donors (Lipinski definition) is 2. The van der Waals surface area contributed by atoms with E-state index in [2.05, 4.69) is 26.1 Å². The van der Waals surface area contributed by atoms with Gasteiger partial charge in [-0.1, -0.05) is 20.3 Å². The van der Waals surface area contributed by atoms with Gasteiger partial charge >= 0.3 is 0 Å². The number of aliphatic hydroxyl groups excluding tert-OH is 1. The summed E-state index contributed by atoms with van der Waals surface area (Å²) in [5.74, 6) is 0.521. The van der Waals surface area contributed by atoms with Crippen molar-refractivity contribution in [2.75, 3.05) is 13.2 Å². The van der Waals surface area contributed by atoms with Gasteiger partial charge in [-0.15, -0.1) is 0 Å². The Bertz CT molecular complexity index is 163. The molecule has 0 aromatic rings. The number of aliphatic hydroxyl groups is 1. The fourth-order valence-electron chi connectivity index (χ4n) is 1.91. The second-order valence-corrected chi connectivity index (χ2v) is 4.31. The van der Waals surface area contributed by atoms with Gasteiger partial charge in [0.2, 0.25) is 0 Å². The quantitative estimate of drug-likeness (QED) is 0.701. The van der Waals surface area contributed by atoms with Gasteiger partial charge in [0.1, 0.15) is 0 Å². The molecule has 3 heteroatoms. The molecule has 0 aromatic carbocycles. The van der Waals surface area contributed by atoms with Crippen LogP contribution >= 0.6 is 0 Å². The summed E-state index contributed by atoms with van der Waals surface area (Å²) in [4.78, 5) is 0. The van der Waals surface area contributed by atoms with Gasteiger partial charge in [-0.05, 0) is 19.3 Å². The van der Waals surface area contributed by atoms with Gasteiger partial charge in [-0.25, -0.2) is 0 Å². The number of nitrogens with one attached hydrogen (secondary N) is 1. The average molecular weight is 201 g/mol. The van der Waals surface area contributed by atoms with Crippen LogP contribution in [0.25, 0.3) is 0 Å². The molecular formula is C11H23NO2. The molecule has 0 amide bonds. The van der Waals surface area contributed by atoms with Crippen LogP contribution in [0.2, 0.25) is 0 Å². The van der Waals surface area contributed by atoms with Crippen LogP contribution in [0.4, 0.5) is 0 Å². The van der Waals surface area contributed by atoms with Crippen LogP contribution < -0.4 is 5.32 Å². The normalized spacial score (nSPS) is 31.7. The van der Waals surface area contributed by atoms with Crippen molar-refractivity contribution in [3.63, 3.8) is 0 Å². The van der Waals surface area contributed by atoms with Gasteiger partial charge in [0, 0.05) is 18.7 Å². The Balaban J connectivity index is 2.39. The van der Waals surface area contributed by atoms with Crippen molar-refractivity contribution < 1.29 is 9.84 Å². The van der Waals surface area contributed by atoms with Gasteiger partial charge in [0.15, 0.2) is 0 Å². The largest absolute Gasteiger partial charge is 0.395 e. The summed E-state index contributed by atoms with van der Waals surface area (Å²) in [6.07, 6.45) is 2.45. The molecule has 1 fully saturated rings. The molecule has 4 unspecified atom stereocenters. The fraction of sp³-hybridized carbons (Fsp3) is 1.00. The molecule has 1 aliphatic heterocycles. The highest BCUT2D eigenvalue weighted by Crippen LogP contribution is 2.16. The highest BCUT2D eigenvalue weighted by molar-refractivity contribution is 4.84. The van der Waals surface area contributed by atoms with Crippen LogP contribution in [0.3, 0.4) is 0 Å². The minimum absolute atomic E-state index is 0.217. The maximum absolute atomic E-state index is 9.27. The monoisotopic (exact) mass is 201 g/mol. The first-order valence-electron chi connectivity index (χ1n) is 5.67. The van der Waals surface area contributed by atoms with Gasteiger partial charge in [-0.3, -0.25) is 0 Å². The predicted octanol–water partition coefficient (Wildman–Crippen LogP) is 1.16. The molecule has 0 bridgehead atoms. The Labute approximate surface area is 86.8 Å². The summed E-state index contributed by atoms with van der Waals surface area (Å²) in [6.45, 7) is 7.49. The molecular weight excluding hydrogens is 178 g/mol. The average Bonchev–Trinajstić information content (AvgIpc) is 2.59. The molecule has 4 atom stereocenters. The molecule has 0 radical (unpaired) electrons. The first-order valence-corrected chi connectivity index (χ1v) is 5.67. The Morgan fingerprint density at radius 2 is 2.29 bits per heavy atom. The molecule has 2 N–H and O–H groups in total. The van der Waals surface area contributed by atoms with Crippen molar-refractivity contribution in [2.24, 2.45) is 5.92 Å². The van der Waals surface area contributed by atoms with Crippen LogP contribution in [0.15, 0.2) is 0 Å². The van der Waals surface area contributed by atoms with Crippen LogP contribution in [0.1, 0.15) is 33.6 Å². The molecule has 0 spiro atoms. The summed E-state index contributed by atoms with van der Waals surface area (Å²) < 4.78 is 5.48. The molecule has 0 aromatic heterocycles. The lowest BCUT2D eigenvalue weighted by molar-refractivity contribution is 0.103. The van der Waals surface area contributed by atoms with Gasteiger partial charge in [0.25, 0.3) is 0 Å². The van der Waals surface area contributed by atoms with Crippen molar-refractivity contribution in [2.45, 2.75) is 51.8 Å². The van der Waals surface area contributed by atoms with E-state index in [1.165, 1.54) is 0 Å². The molecule has 14 heavy (non-hydrogen) atoms. The number of hydrogen-bond acceptors (Lipinski definition) is 3. The molecule has 1 saturated heterocycles. The zero-order chi connectivity index (χ0) is 10.6. The Hall–Kier alpha value is -0.120. The highest BCUT2D eigenvalue weighted by Gasteiger charge is 2.27. The van der Waals surface area contributed by atoms with Gasteiger partial charge in [-0.2, -0.15) is 0 Å². The molecule has 1 aliphatic rings. The Kier molecular flexibility index (Phi) is 4.85. The summed E-state index contributed by atoms with van der Waals surface area (Å²) in [7, 11) is 0. The lowest BCUT2D eigenvalue weighted by atomic mass is 9.98. The smallest absolute Gasteiger partial charge is 0.0700 e. The molecule has 84 valence electrons. The van der Waals surface area contributed by atoms with E-state index in [0.717, 1.165) is 19.4 Å². The second kappa shape index (κ2) is 5.69. The third-order valence-corrected chi connectivity index (χ3v) is 3.33. The third kappa shape index (κ3) is 2.94. The van der Waals surface area contributed by atoms with Crippen molar-refractivity contribution >= 4 is 0 Å². The zero-order valence-electron chi connectivity index (χ0n) is 9.49. The molecule has 1 rings (SSSR count). The summed E-state index contributed by atoms with van der Waals surface area (Å²) in [5, 5.41) is 12.8. The molecule has 0 saturated carbocycles. The third-order valence-electron chi connectivity index (χ3n) is 3.33. The maximum atomic E-state index is 9.27. The van der Waals surface area contributed by atoms with Crippen molar-refractivity contribution in [1.29, 1.82) is 0 Å². The summed E-state index contributed by atoms with van der Waals surface area (Å²) in [5.41, 5.74) is 0. The van der Waals surface area contributed by atoms with E-state index in [9.17, 15) is 5.11 Å². The highest BCUT2D eigenvalue weighted by atomic mass is 16.5. The number of rotatable bonds is 5. The van der Waals surface area contributed by atoms with Gasteiger partial charge in [0.05, 0.1) is 12.7 Å². The van der Waals surface area contributed by atoms with Crippen LogP contribution in [0.5, 0.6) is 0 Å². The van der Waals surface area contributed by atoms with Crippen LogP contribution in [0, 0.1) is 5.92 Å². The van der Waals surface area contributed by atoms with Crippen molar-refractivity contribution in [3.8, 4) is 0 Å².